The number of carbonyl (C=O) groups excluding carboxylic acids is 1. The number of hydrogen-bond donors (Lipinski definition) is 1. The molecular weight excluding hydrogens is 344 g/mol. The molecule has 0 aliphatic heterocycles. The maximum atomic E-state index is 13.2. The number of amides is 1. The van der Waals surface area contributed by atoms with Crippen molar-refractivity contribution in [3.05, 3.63) is 96.1 Å². The fourth-order valence-electron chi connectivity index (χ4n) is 3.42. The van der Waals surface area contributed by atoms with E-state index in [-0.39, 0.29) is 5.91 Å². The predicted molar refractivity (Wildman–Crippen MR) is 116 cm³/mol. The molecule has 0 aliphatic carbocycles. The lowest BCUT2D eigenvalue weighted by atomic mass is 10.00. The van der Waals surface area contributed by atoms with Crippen LogP contribution in [0.2, 0.25) is 0 Å². The van der Waals surface area contributed by atoms with Crippen LogP contribution in [0.1, 0.15) is 35.7 Å². The number of fused-ring (bicyclic) bond motifs is 1. The first-order chi connectivity index (χ1) is 13.6. The first-order valence-corrected chi connectivity index (χ1v) is 9.49. The molecule has 1 heterocycles. The summed E-state index contributed by atoms with van der Waals surface area (Å²) in [4.78, 5) is 18.0. The number of anilines is 1. The van der Waals surface area contributed by atoms with Crippen molar-refractivity contribution in [3.8, 4) is 11.3 Å². The van der Waals surface area contributed by atoms with Crippen LogP contribution in [0.25, 0.3) is 22.2 Å². The number of carbonyl (C=O) groups is 1. The quantitative estimate of drug-likeness (QED) is 0.462. The van der Waals surface area contributed by atoms with Crippen molar-refractivity contribution in [2.75, 3.05) is 5.32 Å². The van der Waals surface area contributed by atoms with Gasteiger partial charge in [0.25, 0.3) is 5.91 Å². The van der Waals surface area contributed by atoms with Gasteiger partial charge < -0.3 is 5.32 Å². The molecule has 3 nitrogen and oxygen atoms in total. The molecule has 0 unspecified atom stereocenters. The molecule has 0 atom stereocenters. The Labute approximate surface area is 165 Å². The zero-order chi connectivity index (χ0) is 19.5. The minimum absolute atomic E-state index is 0.121. The lowest BCUT2D eigenvalue weighted by Gasteiger charge is -2.15. The van der Waals surface area contributed by atoms with Crippen LogP contribution >= 0.6 is 0 Å². The Kier molecular flexibility index (Phi) is 4.90. The second kappa shape index (κ2) is 7.65. The van der Waals surface area contributed by atoms with E-state index < -0.39 is 0 Å². The topological polar surface area (TPSA) is 42.0 Å². The third-order valence-electron chi connectivity index (χ3n) is 4.86. The molecule has 0 fully saturated rings. The van der Waals surface area contributed by atoms with Crippen molar-refractivity contribution in [2.24, 2.45) is 0 Å². The Balaban J connectivity index is 1.80. The van der Waals surface area contributed by atoms with Gasteiger partial charge in [-0.25, -0.2) is 4.98 Å². The summed E-state index contributed by atoms with van der Waals surface area (Å²) in [6.45, 7) is 4.25. The molecule has 0 radical (unpaired) electrons. The van der Waals surface area contributed by atoms with Crippen LogP contribution in [0.15, 0.2) is 84.9 Å². The van der Waals surface area contributed by atoms with E-state index in [1.807, 2.05) is 78.9 Å². The molecule has 138 valence electrons. The molecule has 1 N–H and O–H groups in total. The molecule has 0 saturated heterocycles. The van der Waals surface area contributed by atoms with Gasteiger partial charge in [-0.3, -0.25) is 4.79 Å². The lowest BCUT2D eigenvalue weighted by Crippen LogP contribution is -2.14. The number of hydrogen-bond acceptors (Lipinski definition) is 2. The fourth-order valence-corrected chi connectivity index (χ4v) is 3.42. The minimum Gasteiger partial charge on any atom is -0.322 e. The first-order valence-electron chi connectivity index (χ1n) is 9.49. The van der Waals surface area contributed by atoms with Crippen LogP contribution in [-0.2, 0) is 0 Å². The van der Waals surface area contributed by atoms with Crippen molar-refractivity contribution >= 4 is 22.5 Å². The van der Waals surface area contributed by atoms with Gasteiger partial charge in [0.15, 0.2) is 0 Å². The molecule has 1 amide bonds. The molecule has 4 rings (SSSR count). The highest BCUT2D eigenvalue weighted by molar-refractivity contribution is 6.13. The Morgan fingerprint density at radius 1 is 0.857 bits per heavy atom. The van der Waals surface area contributed by atoms with Crippen molar-refractivity contribution in [3.63, 3.8) is 0 Å². The maximum Gasteiger partial charge on any atom is 0.256 e. The average molecular weight is 366 g/mol. The maximum absolute atomic E-state index is 13.2. The van der Waals surface area contributed by atoms with Crippen LogP contribution < -0.4 is 5.32 Å². The Morgan fingerprint density at radius 2 is 1.54 bits per heavy atom. The summed E-state index contributed by atoms with van der Waals surface area (Å²) >= 11 is 0. The molecule has 0 saturated carbocycles. The van der Waals surface area contributed by atoms with Gasteiger partial charge in [0.05, 0.1) is 16.8 Å². The van der Waals surface area contributed by atoms with E-state index in [9.17, 15) is 4.79 Å². The third-order valence-corrected chi connectivity index (χ3v) is 4.86. The van der Waals surface area contributed by atoms with Crippen molar-refractivity contribution < 1.29 is 4.79 Å². The zero-order valence-electron chi connectivity index (χ0n) is 16.0. The second-order valence-electron chi connectivity index (χ2n) is 7.13. The smallest absolute Gasteiger partial charge is 0.256 e. The lowest BCUT2D eigenvalue weighted by molar-refractivity contribution is 0.102. The number of para-hydroxylation sites is 2. The van der Waals surface area contributed by atoms with Gasteiger partial charge in [-0.15, -0.1) is 0 Å². The molecule has 4 aromatic rings. The molecule has 28 heavy (non-hydrogen) atoms. The summed E-state index contributed by atoms with van der Waals surface area (Å²) in [6.07, 6.45) is 0. The van der Waals surface area contributed by atoms with Crippen LogP contribution in [-0.4, -0.2) is 10.9 Å². The molecule has 3 aromatic carbocycles. The van der Waals surface area contributed by atoms with Gasteiger partial charge in [0.1, 0.15) is 0 Å². The number of nitrogens with zero attached hydrogens (tertiary/aromatic N) is 1. The Morgan fingerprint density at radius 3 is 2.32 bits per heavy atom. The van der Waals surface area contributed by atoms with Crippen LogP contribution in [0.4, 0.5) is 5.69 Å². The van der Waals surface area contributed by atoms with Crippen molar-refractivity contribution in [2.45, 2.75) is 19.8 Å². The highest BCUT2D eigenvalue weighted by Gasteiger charge is 2.16. The van der Waals surface area contributed by atoms with Crippen LogP contribution in [0, 0.1) is 0 Å². The van der Waals surface area contributed by atoms with Gasteiger partial charge >= 0.3 is 0 Å². The number of rotatable bonds is 4. The van der Waals surface area contributed by atoms with E-state index >= 15 is 0 Å². The van der Waals surface area contributed by atoms with Crippen molar-refractivity contribution in [1.29, 1.82) is 0 Å². The molecule has 3 heteroatoms. The summed E-state index contributed by atoms with van der Waals surface area (Å²) in [5.74, 6) is 0.203. The monoisotopic (exact) mass is 366 g/mol. The number of nitrogens with one attached hydrogen (secondary N) is 1. The van der Waals surface area contributed by atoms with Gasteiger partial charge in [0, 0.05) is 16.6 Å². The number of aromatic nitrogens is 1. The highest BCUT2D eigenvalue weighted by atomic mass is 16.1. The molecule has 0 aliphatic rings. The van der Waals surface area contributed by atoms with E-state index in [1.54, 1.807) is 0 Å². The third kappa shape index (κ3) is 3.52. The van der Waals surface area contributed by atoms with Crippen LogP contribution in [0.5, 0.6) is 0 Å². The standard InChI is InChI=1S/C25H22N2O/c1-17(2)19-12-6-8-14-22(19)27-25(28)21-16-24(18-10-4-3-5-11-18)26-23-15-9-7-13-20(21)23/h3-17H,1-2H3,(H,27,28). The highest BCUT2D eigenvalue weighted by Crippen LogP contribution is 2.28. The van der Waals surface area contributed by atoms with Gasteiger partial charge in [-0.05, 0) is 29.7 Å². The van der Waals surface area contributed by atoms with E-state index in [1.165, 1.54) is 0 Å². The molecular formula is C25H22N2O. The van der Waals surface area contributed by atoms with E-state index in [0.717, 1.165) is 33.4 Å². The largest absolute Gasteiger partial charge is 0.322 e. The molecule has 0 spiro atoms. The average Bonchev–Trinajstić information content (AvgIpc) is 2.73. The Hall–Kier alpha value is -3.46. The van der Waals surface area contributed by atoms with Crippen LogP contribution in [0.3, 0.4) is 0 Å². The van der Waals surface area contributed by atoms with Crippen molar-refractivity contribution in [1.82, 2.24) is 4.98 Å². The Bertz CT molecular complexity index is 1130. The van der Waals surface area contributed by atoms with E-state index in [4.69, 9.17) is 4.98 Å². The summed E-state index contributed by atoms with van der Waals surface area (Å²) in [5, 5.41) is 3.96. The first kappa shape index (κ1) is 17.9. The molecule has 1 aromatic heterocycles. The molecule has 0 bridgehead atoms. The summed E-state index contributed by atoms with van der Waals surface area (Å²) in [5.41, 5.74) is 5.20. The predicted octanol–water partition coefficient (Wildman–Crippen LogP) is 6.28. The van der Waals surface area contributed by atoms with Gasteiger partial charge in [-0.2, -0.15) is 0 Å². The SMILES string of the molecule is CC(C)c1ccccc1NC(=O)c1cc(-c2ccccc2)nc2ccccc12. The fraction of sp³-hybridized carbons (Fsp3) is 0.120. The minimum atomic E-state index is -0.121. The summed E-state index contributed by atoms with van der Waals surface area (Å²) < 4.78 is 0. The number of pyridine rings is 1. The number of benzene rings is 3. The van der Waals surface area contributed by atoms with Gasteiger partial charge in [0.2, 0.25) is 0 Å². The summed E-state index contributed by atoms with van der Waals surface area (Å²) in [6, 6.07) is 27.5. The van der Waals surface area contributed by atoms with E-state index in [2.05, 4.69) is 25.2 Å². The normalized spacial score (nSPS) is 11.0. The summed E-state index contributed by atoms with van der Waals surface area (Å²) in [7, 11) is 0. The van der Waals surface area contributed by atoms with Gasteiger partial charge in [-0.1, -0.05) is 80.6 Å². The van der Waals surface area contributed by atoms with E-state index in [0.29, 0.717) is 11.5 Å². The second-order valence-corrected chi connectivity index (χ2v) is 7.13. The zero-order valence-corrected chi connectivity index (χ0v) is 16.0.